The van der Waals surface area contributed by atoms with Gasteiger partial charge in [-0.05, 0) is 69.4 Å². The number of fused-ring (bicyclic) bond motifs is 1. The fourth-order valence-corrected chi connectivity index (χ4v) is 4.22. The van der Waals surface area contributed by atoms with E-state index in [1.165, 1.54) is 0 Å². The quantitative estimate of drug-likeness (QED) is 0.541. The van der Waals surface area contributed by atoms with Gasteiger partial charge in [0.05, 0.1) is 27.1 Å². The zero-order valence-corrected chi connectivity index (χ0v) is 15.3. The van der Waals surface area contributed by atoms with Gasteiger partial charge >= 0.3 is 0 Å². The third-order valence-electron chi connectivity index (χ3n) is 3.08. The Labute approximate surface area is 148 Å². The van der Waals surface area contributed by atoms with E-state index in [0.717, 1.165) is 18.5 Å². The Morgan fingerprint density at radius 3 is 2.71 bits per heavy atom. The highest BCUT2D eigenvalue weighted by Gasteiger charge is 2.14. The summed E-state index contributed by atoms with van der Waals surface area (Å²) in [5.74, 6) is 1.24. The average molecular weight is 504 g/mol. The lowest BCUT2D eigenvalue weighted by molar-refractivity contribution is 0.413. The van der Waals surface area contributed by atoms with Crippen LogP contribution >= 0.6 is 45.2 Å². The number of nitrogens with zero attached hydrogens (tertiary/aromatic N) is 1. The highest BCUT2D eigenvalue weighted by Crippen LogP contribution is 2.34. The van der Waals surface area contributed by atoms with Crippen molar-refractivity contribution in [3.05, 3.63) is 53.9 Å². The van der Waals surface area contributed by atoms with E-state index in [-0.39, 0.29) is 5.56 Å². The second-order valence-electron chi connectivity index (χ2n) is 4.40. The first-order valence-corrected chi connectivity index (χ1v) is 8.28. The van der Waals surface area contributed by atoms with Crippen LogP contribution in [0.25, 0.3) is 22.3 Å². The van der Waals surface area contributed by atoms with Gasteiger partial charge in [0.25, 0.3) is 5.56 Å². The molecule has 1 aromatic heterocycles. The van der Waals surface area contributed by atoms with Crippen LogP contribution in [-0.2, 0) is 0 Å². The Hall–Kier alpha value is -1.16. The number of methoxy groups -OCH3 is 1. The van der Waals surface area contributed by atoms with Crippen molar-refractivity contribution in [2.45, 2.75) is 0 Å². The summed E-state index contributed by atoms with van der Waals surface area (Å²) in [6, 6.07) is 11.3. The number of benzene rings is 2. The van der Waals surface area contributed by atoms with Crippen LogP contribution < -0.4 is 10.3 Å². The molecule has 3 aromatic rings. The zero-order chi connectivity index (χ0) is 15.0. The molecule has 0 saturated carbocycles. The molecule has 0 fully saturated rings. The molecule has 0 unspecified atom stereocenters. The minimum absolute atomic E-state index is 0.147. The maximum absolute atomic E-state index is 12.2. The zero-order valence-electron chi connectivity index (χ0n) is 11.0. The molecule has 6 heteroatoms. The molecule has 0 atom stereocenters. The first-order valence-electron chi connectivity index (χ1n) is 6.12. The summed E-state index contributed by atoms with van der Waals surface area (Å²) in [4.78, 5) is 19.6. The smallest absolute Gasteiger partial charge is 0.259 e. The Balaban J connectivity index is 2.33. The lowest BCUT2D eigenvalue weighted by Gasteiger charge is -2.11. The van der Waals surface area contributed by atoms with Crippen LogP contribution in [0.1, 0.15) is 0 Å². The summed E-state index contributed by atoms with van der Waals surface area (Å²) in [6.07, 6.45) is 0. The van der Waals surface area contributed by atoms with E-state index in [1.54, 1.807) is 13.2 Å². The van der Waals surface area contributed by atoms with Crippen molar-refractivity contribution in [1.82, 2.24) is 9.97 Å². The normalized spacial score (nSPS) is 10.8. The molecule has 0 aliphatic heterocycles. The number of ether oxygens (including phenoxy) is 1. The van der Waals surface area contributed by atoms with Gasteiger partial charge in [-0.15, -0.1) is 0 Å². The summed E-state index contributed by atoms with van der Waals surface area (Å²) < 4.78 is 7.50. The molecule has 0 saturated heterocycles. The van der Waals surface area contributed by atoms with Gasteiger partial charge in [-0.3, -0.25) is 4.79 Å². The van der Waals surface area contributed by atoms with Crippen LogP contribution in [-0.4, -0.2) is 17.1 Å². The summed E-state index contributed by atoms with van der Waals surface area (Å²) in [6.45, 7) is 0. The molecule has 3 rings (SSSR count). The minimum Gasteiger partial charge on any atom is -0.495 e. The van der Waals surface area contributed by atoms with Crippen molar-refractivity contribution in [3.63, 3.8) is 0 Å². The van der Waals surface area contributed by atoms with Crippen LogP contribution in [0.3, 0.4) is 0 Å². The van der Waals surface area contributed by atoms with E-state index in [1.807, 2.05) is 30.3 Å². The predicted octanol–water partition coefficient (Wildman–Crippen LogP) is 3.81. The lowest BCUT2D eigenvalue weighted by atomic mass is 10.1. The van der Waals surface area contributed by atoms with Gasteiger partial charge in [-0.2, -0.15) is 0 Å². The topological polar surface area (TPSA) is 55.0 Å². The highest BCUT2D eigenvalue weighted by atomic mass is 127. The molecule has 1 heterocycles. The van der Waals surface area contributed by atoms with Crippen molar-refractivity contribution in [3.8, 4) is 17.1 Å². The van der Waals surface area contributed by atoms with Crippen LogP contribution in [0, 0.1) is 7.14 Å². The van der Waals surface area contributed by atoms with Crippen molar-refractivity contribution in [2.75, 3.05) is 7.11 Å². The largest absolute Gasteiger partial charge is 0.495 e. The molecule has 0 spiro atoms. The lowest BCUT2D eigenvalue weighted by Crippen LogP contribution is -2.10. The first-order chi connectivity index (χ1) is 10.1. The van der Waals surface area contributed by atoms with E-state index in [4.69, 9.17) is 4.74 Å². The van der Waals surface area contributed by atoms with Crippen LogP contribution in [0.15, 0.2) is 41.2 Å². The number of aromatic amines is 1. The third-order valence-corrected chi connectivity index (χ3v) is 4.50. The number of aromatic nitrogens is 2. The van der Waals surface area contributed by atoms with Crippen molar-refractivity contribution < 1.29 is 4.74 Å². The number of H-pyrrole nitrogens is 1. The van der Waals surface area contributed by atoms with Gasteiger partial charge in [0.1, 0.15) is 11.6 Å². The molecule has 21 heavy (non-hydrogen) atoms. The molecule has 0 amide bonds. The van der Waals surface area contributed by atoms with E-state index in [9.17, 15) is 4.79 Å². The number of nitrogens with one attached hydrogen (secondary N) is 1. The monoisotopic (exact) mass is 504 g/mol. The molecule has 0 aliphatic rings. The fraction of sp³-hybridized carbons (Fsp3) is 0.0667. The SMILES string of the molecule is COc1c(I)cc(I)cc1-c1nc2ccccc2c(=O)[nH]1. The average Bonchev–Trinajstić information content (AvgIpc) is 2.46. The molecule has 106 valence electrons. The number of para-hydroxylation sites is 1. The van der Waals surface area contributed by atoms with Gasteiger partial charge in [-0.1, -0.05) is 12.1 Å². The van der Waals surface area contributed by atoms with Crippen LogP contribution in [0.4, 0.5) is 0 Å². The maximum atomic E-state index is 12.2. The molecule has 0 aliphatic carbocycles. The van der Waals surface area contributed by atoms with Crippen molar-refractivity contribution >= 4 is 56.1 Å². The van der Waals surface area contributed by atoms with Crippen molar-refractivity contribution in [1.29, 1.82) is 0 Å². The summed E-state index contributed by atoms with van der Waals surface area (Å²) in [5, 5.41) is 0.584. The summed E-state index contributed by atoms with van der Waals surface area (Å²) >= 11 is 4.45. The number of rotatable bonds is 2. The highest BCUT2D eigenvalue weighted by molar-refractivity contribution is 14.1. The van der Waals surface area contributed by atoms with E-state index >= 15 is 0 Å². The second-order valence-corrected chi connectivity index (χ2v) is 6.81. The number of hydrogen-bond acceptors (Lipinski definition) is 3. The Morgan fingerprint density at radius 2 is 1.95 bits per heavy atom. The number of halogens is 2. The van der Waals surface area contributed by atoms with E-state index in [2.05, 4.69) is 55.1 Å². The van der Waals surface area contributed by atoms with Gasteiger partial charge < -0.3 is 9.72 Å². The molecule has 0 radical (unpaired) electrons. The summed E-state index contributed by atoms with van der Waals surface area (Å²) in [7, 11) is 1.62. The Kier molecular flexibility index (Phi) is 4.16. The molecular formula is C15H10I2N2O2. The van der Waals surface area contributed by atoms with Gasteiger partial charge in [0, 0.05) is 3.57 Å². The second kappa shape index (κ2) is 5.91. The fourth-order valence-electron chi connectivity index (χ4n) is 2.16. The molecule has 1 N–H and O–H groups in total. The van der Waals surface area contributed by atoms with Gasteiger partial charge in [0.15, 0.2) is 0 Å². The van der Waals surface area contributed by atoms with E-state index < -0.39 is 0 Å². The predicted molar refractivity (Wildman–Crippen MR) is 99.8 cm³/mol. The van der Waals surface area contributed by atoms with Gasteiger partial charge in [-0.25, -0.2) is 4.98 Å². The molecule has 0 bridgehead atoms. The molecular weight excluding hydrogens is 494 g/mol. The Bertz CT molecular complexity index is 890. The van der Waals surface area contributed by atoms with E-state index in [0.29, 0.717) is 16.7 Å². The first kappa shape index (κ1) is 14.8. The molecule has 4 nitrogen and oxygen atoms in total. The van der Waals surface area contributed by atoms with Crippen LogP contribution in [0.2, 0.25) is 0 Å². The van der Waals surface area contributed by atoms with Gasteiger partial charge in [0.2, 0.25) is 0 Å². The minimum atomic E-state index is -0.147. The third kappa shape index (κ3) is 2.78. The maximum Gasteiger partial charge on any atom is 0.259 e. The molecule has 2 aromatic carbocycles. The Morgan fingerprint density at radius 1 is 1.19 bits per heavy atom. The standard InChI is InChI=1S/C15H10I2N2O2/c1-21-13-10(6-8(16)7-11(13)17)14-18-12-5-3-2-4-9(12)15(20)19-14/h2-7H,1H3,(H,18,19,20). The van der Waals surface area contributed by atoms with Crippen LogP contribution in [0.5, 0.6) is 5.75 Å². The summed E-state index contributed by atoms with van der Waals surface area (Å²) in [5.41, 5.74) is 1.32. The van der Waals surface area contributed by atoms with Crippen molar-refractivity contribution in [2.24, 2.45) is 0 Å². The number of hydrogen-bond donors (Lipinski definition) is 1.